The molecule has 4 heterocycles. The smallest absolute Gasteiger partial charge is 0.255 e. The highest BCUT2D eigenvalue weighted by Crippen LogP contribution is 2.28. The van der Waals surface area contributed by atoms with Crippen LogP contribution in [-0.2, 0) is 8.87 Å². The Morgan fingerprint density at radius 1 is 0.607 bits per heavy atom. The molecule has 28 heavy (non-hydrogen) atoms. The summed E-state index contributed by atoms with van der Waals surface area (Å²) in [6.45, 7) is 0. The van der Waals surface area contributed by atoms with E-state index in [0.29, 0.717) is 33.6 Å². The largest absolute Gasteiger partial charge is 0.272 e. The summed E-state index contributed by atoms with van der Waals surface area (Å²) in [4.78, 5) is 24.7. The Balaban J connectivity index is 1.64. The molecule has 10 heteroatoms. The van der Waals surface area contributed by atoms with Gasteiger partial charge >= 0.3 is 0 Å². The molecule has 0 fully saturated rings. The van der Waals surface area contributed by atoms with Crippen LogP contribution in [-0.4, -0.2) is 38.3 Å². The van der Waals surface area contributed by atoms with Crippen molar-refractivity contribution in [2.75, 3.05) is 0 Å². The zero-order chi connectivity index (χ0) is 19.4. The highest BCUT2D eigenvalue weighted by Gasteiger charge is 2.23. The lowest BCUT2D eigenvalue weighted by atomic mass is 10.3. The van der Waals surface area contributed by atoms with Gasteiger partial charge in [-0.3, -0.25) is 9.97 Å². The summed E-state index contributed by atoms with van der Waals surface area (Å²) in [6, 6.07) is 14.0. The Hall–Kier alpha value is -3.24. The fourth-order valence-corrected chi connectivity index (χ4v) is 4.50. The molecule has 4 aromatic heterocycles. The van der Waals surface area contributed by atoms with Crippen LogP contribution in [0, 0.1) is 0 Å². The minimum atomic E-state index is -3.92. The molecular weight excluding hydrogens is 396 g/mol. The maximum absolute atomic E-state index is 12.8. The van der Waals surface area contributed by atoms with Crippen LogP contribution in [0.2, 0.25) is 0 Å². The van der Waals surface area contributed by atoms with Crippen molar-refractivity contribution in [3.8, 4) is 22.8 Å². The maximum Gasteiger partial charge on any atom is 0.272 e. The second-order valence-electron chi connectivity index (χ2n) is 5.42. The van der Waals surface area contributed by atoms with E-state index in [9.17, 15) is 8.42 Å². The van der Waals surface area contributed by atoms with Gasteiger partial charge in [-0.1, -0.05) is 12.1 Å². The molecule has 0 saturated heterocycles. The van der Waals surface area contributed by atoms with E-state index >= 15 is 0 Å². The fourth-order valence-electron chi connectivity index (χ4n) is 2.29. The lowest BCUT2D eigenvalue weighted by Crippen LogP contribution is -2.04. The predicted molar refractivity (Wildman–Crippen MR) is 104 cm³/mol. The van der Waals surface area contributed by atoms with Gasteiger partial charge < -0.3 is 0 Å². The number of nitrogens with zero attached hydrogens (tertiary/aromatic N) is 6. The van der Waals surface area contributed by atoms with Crippen LogP contribution in [0.3, 0.4) is 0 Å². The zero-order valence-electron chi connectivity index (χ0n) is 14.2. The van der Waals surface area contributed by atoms with E-state index in [1.807, 2.05) is 6.07 Å². The maximum atomic E-state index is 12.8. The number of pyridine rings is 2. The van der Waals surface area contributed by atoms with E-state index in [-0.39, 0.29) is 10.3 Å². The Bertz CT molecular complexity index is 1200. The van der Waals surface area contributed by atoms with Crippen LogP contribution in [0.5, 0.6) is 0 Å². The standard InChI is InChI=1S/C18H12N6O2S2/c25-28(26,18-22-12-8-16(24-18)14-6-2-4-10-20-14)27-17-21-11-7-15(23-17)13-5-1-3-9-19-13/h1-12H. The molecule has 0 spiro atoms. The van der Waals surface area contributed by atoms with Crippen LogP contribution < -0.4 is 0 Å². The minimum Gasteiger partial charge on any atom is -0.255 e. The molecule has 0 aromatic carbocycles. The van der Waals surface area contributed by atoms with Crippen molar-refractivity contribution in [2.24, 2.45) is 0 Å². The molecule has 0 aliphatic carbocycles. The van der Waals surface area contributed by atoms with Crippen LogP contribution in [0.15, 0.2) is 83.6 Å². The molecule has 0 saturated carbocycles. The van der Waals surface area contributed by atoms with E-state index < -0.39 is 8.87 Å². The van der Waals surface area contributed by atoms with Crippen molar-refractivity contribution < 1.29 is 8.42 Å². The summed E-state index contributed by atoms with van der Waals surface area (Å²) in [5.41, 5.74) is 2.12. The molecule has 0 unspecified atom stereocenters. The normalized spacial score (nSPS) is 11.3. The summed E-state index contributed by atoms with van der Waals surface area (Å²) < 4.78 is 25.5. The van der Waals surface area contributed by atoms with Gasteiger partial charge in [-0.05, 0) is 36.4 Å². The second kappa shape index (κ2) is 7.79. The molecule has 0 aliphatic rings. The molecule has 0 N–H and O–H groups in total. The van der Waals surface area contributed by atoms with Gasteiger partial charge in [0.2, 0.25) is 5.16 Å². The summed E-state index contributed by atoms with van der Waals surface area (Å²) >= 11 is 0. The first-order valence-corrected chi connectivity index (χ1v) is 10.9. The molecule has 138 valence electrons. The van der Waals surface area contributed by atoms with E-state index in [4.69, 9.17) is 0 Å². The number of rotatable bonds is 5. The molecule has 0 amide bonds. The van der Waals surface area contributed by atoms with Crippen LogP contribution in [0.1, 0.15) is 0 Å². The third-order valence-electron chi connectivity index (χ3n) is 3.53. The van der Waals surface area contributed by atoms with Crippen LogP contribution in [0.25, 0.3) is 22.8 Å². The van der Waals surface area contributed by atoms with E-state index in [2.05, 4.69) is 29.9 Å². The van der Waals surface area contributed by atoms with E-state index in [0.717, 1.165) is 0 Å². The van der Waals surface area contributed by atoms with E-state index in [1.165, 1.54) is 12.4 Å². The van der Waals surface area contributed by atoms with Gasteiger partial charge in [-0.15, -0.1) is 0 Å². The fraction of sp³-hybridized carbons (Fsp3) is 0. The molecular formula is C18H12N6O2S2. The van der Waals surface area contributed by atoms with Gasteiger partial charge in [0.25, 0.3) is 14.0 Å². The molecule has 0 bridgehead atoms. The Morgan fingerprint density at radius 2 is 1.21 bits per heavy atom. The van der Waals surface area contributed by atoms with Crippen molar-refractivity contribution in [2.45, 2.75) is 10.3 Å². The van der Waals surface area contributed by atoms with Gasteiger partial charge in [0.1, 0.15) is 0 Å². The molecule has 0 radical (unpaired) electrons. The molecule has 4 rings (SSSR count). The molecule has 4 aromatic rings. The lowest BCUT2D eigenvalue weighted by Gasteiger charge is -2.05. The molecule has 0 aliphatic heterocycles. The van der Waals surface area contributed by atoms with Gasteiger partial charge in [0.15, 0.2) is 0 Å². The summed E-state index contributed by atoms with van der Waals surface area (Å²) in [7, 11) is -3.43. The Kier molecular flexibility index (Phi) is 5.04. The molecule has 8 nitrogen and oxygen atoms in total. The van der Waals surface area contributed by atoms with Gasteiger partial charge in [0, 0.05) is 24.8 Å². The van der Waals surface area contributed by atoms with Gasteiger partial charge in [0.05, 0.1) is 33.6 Å². The quantitative estimate of drug-likeness (QED) is 0.363. The van der Waals surface area contributed by atoms with Crippen LogP contribution >= 0.6 is 10.8 Å². The van der Waals surface area contributed by atoms with Gasteiger partial charge in [-0.2, -0.15) is 0 Å². The lowest BCUT2D eigenvalue weighted by molar-refractivity contribution is 0.602. The zero-order valence-corrected chi connectivity index (χ0v) is 15.9. The average Bonchev–Trinajstić information content (AvgIpc) is 2.75. The summed E-state index contributed by atoms with van der Waals surface area (Å²) in [6.07, 6.45) is 6.12. The van der Waals surface area contributed by atoms with E-state index in [1.54, 1.807) is 54.9 Å². The topological polar surface area (TPSA) is 111 Å². The Morgan fingerprint density at radius 3 is 1.82 bits per heavy atom. The highest BCUT2D eigenvalue weighted by molar-refractivity contribution is 8.71. The highest BCUT2D eigenvalue weighted by atomic mass is 33.1. The Labute approximate surface area is 164 Å². The van der Waals surface area contributed by atoms with Crippen molar-refractivity contribution in [1.29, 1.82) is 0 Å². The first-order chi connectivity index (χ1) is 13.6. The number of hydrogen-bond acceptors (Lipinski definition) is 9. The van der Waals surface area contributed by atoms with Crippen molar-refractivity contribution in [1.82, 2.24) is 29.9 Å². The van der Waals surface area contributed by atoms with Crippen molar-refractivity contribution >= 4 is 19.7 Å². The van der Waals surface area contributed by atoms with Crippen molar-refractivity contribution in [3.05, 3.63) is 73.3 Å². The monoisotopic (exact) mass is 408 g/mol. The minimum absolute atomic E-state index is 0.0648. The van der Waals surface area contributed by atoms with Crippen LogP contribution in [0.4, 0.5) is 0 Å². The summed E-state index contributed by atoms with van der Waals surface area (Å²) in [5.74, 6) is 0. The third kappa shape index (κ3) is 4.02. The van der Waals surface area contributed by atoms with Gasteiger partial charge in [-0.25, -0.2) is 28.4 Å². The molecule has 0 atom stereocenters. The third-order valence-corrected chi connectivity index (χ3v) is 6.29. The first kappa shape index (κ1) is 18.1. The number of aromatic nitrogens is 6. The average molecular weight is 408 g/mol. The SMILES string of the molecule is O=S(=O)(Sc1nccc(-c2ccccn2)n1)c1nccc(-c2ccccn2)n1. The second-order valence-corrected chi connectivity index (χ2v) is 9.04. The van der Waals surface area contributed by atoms with Crippen molar-refractivity contribution in [3.63, 3.8) is 0 Å². The predicted octanol–water partition coefficient (Wildman–Crippen LogP) is 2.87. The first-order valence-electron chi connectivity index (χ1n) is 8.05. The summed E-state index contributed by atoms with van der Waals surface area (Å²) in [5, 5.41) is -0.262. The number of hydrogen-bond donors (Lipinski definition) is 0.